The normalized spacial score (nSPS) is 10.4. The Morgan fingerprint density at radius 1 is 1.17 bits per heavy atom. The van der Waals surface area contributed by atoms with Gasteiger partial charge in [0.2, 0.25) is 11.5 Å². The monoisotopic (exact) mass is 298 g/mol. The van der Waals surface area contributed by atoms with Crippen LogP contribution < -0.4 is 0 Å². The Hall–Kier alpha value is -2.44. The summed E-state index contributed by atoms with van der Waals surface area (Å²) >= 11 is 3.36. The van der Waals surface area contributed by atoms with E-state index in [0.29, 0.717) is 11.0 Å². The molecule has 0 aliphatic carbocycles. The zero-order valence-electron chi connectivity index (χ0n) is 8.81. The third-order valence-electron chi connectivity index (χ3n) is 2.50. The molecule has 84 valence electrons. The minimum Gasteiger partial charge on any atom is -0.437 e. The van der Waals surface area contributed by atoms with E-state index in [1.807, 2.05) is 18.2 Å². The first kappa shape index (κ1) is 10.7. The van der Waals surface area contributed by atoms with Crippen molar-refractivity contribution in [1.29, 1.82) is 10.5 Å². The summed E-state index contributed by atoms with van der Waals surface area (Å²) in [4.78, 5) is 7.85. The number of hydrogen-bond donors (Lipinski definition) is 0. The Morgan fingerprint density at radius 2 is 2.00 bits per heavy atom. The quantitative estimate of drug-likeness (QED) is 0.637. The van der Waals surface area contributed by atoms with Gasteiger partial charge in [-0.05, 0) is 18.2 Å². The Morgan fingerprint density at radius 3 is 2.72 bits per heavy atom. The number of nitriles is 2. The smallest absolute Gasteiger partial charge is 0.236 e. The minimum absolute atomic E-state index is 0.0721. The lowest BCUT2D eigenvalue weighted by Crippen LogP contribution is -1.92. The third-order valence-corrected chi connectivity index (χ3v) is 2.99. The Balaban J connectivity index is 2.57. The molecule has 0 N–H and O–H groups in total. The Kier molecular flexibility index (Phi) is 2.26. The minimum atomic E-state index is -0.0721. The fourth-order valence-electron chi connectivity index (χ4n) is 1.78. The molecule has 0 atom stereocenters. The maximum atomic E-state index is 9.10. The lowest BCUT2D eigenvalue weighted by atomic mass is 10.2. The van der Waals surface area contributed by atoms with Crippen molar-refractivity contribution in [3.63, 3.8) is 0 Å². The average Bonchev–Trinajstić information content (AvgIpc) is 2.75. The van der Waals surface area contributed by atoms with Gasteiger partial charge in [0.05, 0.1) is 5.39 Å². The fourth-order valence-corrected chi connectivity index (χ4v) is 2.14. The molecule has 5 nitrogen and oxygen atoms in total. The molecule has 0 radical (unpaired) electrons. The highest BCUT2D eigenvalue weighted by Gasteiger charge is 2.15. The molecular formula is C12H3BrN4O. The number of halogens is 1. The van der Waals surface area contributed by atoms with Crippen LogP contribution in [-0.4, -0.2) is 9.97 Å². The molecule has 0 saturated heterocycles. The van der Waals surface area contributed by atoms with Gasteiger partial charge in [-0.1, -0.05) is 15.9 Å². The predicted molar refractivity (Wildman–Crippen MR) is 66.4 cm³/mol. The summed E-state index contributed by atoms with van der Waals surface area (Å²) in [6, 6.07) is 9.20. The summed E-state index contributed by atoms with van der Waals surface area (Å²) in [6.07, 6.45) is 0. The van der Waals surface area contributed by atoms with E-state index >= 15 is 0 Å². The molecular weight excluding hydrogens is 296 g/mol. The highest BCUT2D eigenvalue weighted by molar-refractivity contribution is 9.10. The number of aromatic nitrogens is 2. The molecule has 2 heterocycles. The van der Waals surface area contributed by atoms with Crippen LogP contribution in [0.1, 0.15) is 11.5 Å². The molecule has 0 amide bonds. The van der Waals surface area contributed by atoms with Crippen molar-refractivity contribution in [3.05, 3.63) is 34.2 Å². The molecule has 18 heavy (non-hydrogen) atoms. The van der Waals surface area contributed by atoms with E-state index in [9.17, 15) is 0 Å². The van der Waals surface area contributed by atoms with Crippen molar-refractivity contribution in [2.24, 2.45) is 0 Å². The van der Waals surface area contributed by atoms with E-state index < -0.39 is 0 Å². The molecule has 0 bridgehead atoms. The van der Waals surface area contributed by atoms with E-state index in [2.05, 4.69) is 25.9 Å². The summed E-state index contributed by atoms with van der Waals surface area (Å²) < 4.78 is 6.38. The standard InChI is InChI=1S/C12H3BrN4O/c13-6-1-2-9-7(3-6)11-8(4-14)16-10(5-15)17-12(11)18-9/h1-3H. The Labute approximate surface area is 109 Å². The van der Waals surface area contributed by atoms with Gasteiger partial charge in [0.1, 0.15) is 17.7 Å². The second-order valence-corrected chi connectivity index (χ2v) is 4.46. The van der Waals surface area contributed by atoms with E-state index in [1.165, 1.54) is 0 Å². The SMILES string of the molecule is N#Cc1nc(C#N)c2c(n1)oc1ccc(Br)cc12. The zero-order chi connectivity index (χ0) is 12.7. The first-order valence-corrected chi connectivity index (χ1v) is 5.72. The lowest BCUT2D eigenvalue weighted by molar-refractivity contribution is 0.651. The molecule has 1 aromatic carbocycles. The van der Waals surface area contributed by atoms with Crippen molar-refractivity contribution in [3.8, 4) is 12.1 Å². The average molecular weight is 299 g/mol. The molecule has 0 aliphatic heterocycles. The van der Waals surface area contributed by atoms with Gasteiger partial charge in [-0.3, -0.25) is 0 Å². The van der Waals surface area contributed by atoms with Crippen LogP contribution in [0.25, 0.3) is 22.1 Å². The molecule has 0 spiro atoms. The van der Waals surface area contributed by atoms with Crippen LogP contribution in [0.2, 0.25) is 0 Å². The molecule has 6 heteroatoms. The number of furan rings is 1. The van der Waals surface area contributed by atoms with Gasteiger partial charge in [0.25, 0.3) is 0 Å². The van der Waals surface area contributed by atoms with Gasteiger partial charge < -0.3 is 4.42 Å². The molecule has 3 aromatic rings. The van der Waals surface area contributed by atoms with Gasteiger partial charge in [-0.25, -0.2) is 4.98 Å². The maximum absolute atomic E-state index is 9.10. The summed E-state index contributed by atoms with van der Waals surface area (Å²) in [6.45, 7) is 0. The number of hydrogen-bond acceptors (Lipinski definition) is 5. The predicted octanol–water partition coefficient (Wildman–Crippen LogP) is 2.88. The summed E-state index contributed by atoms with van der Waals surface area (Å²) in [7, 11) is 0. The van der Waals surface area contributed by atoms with Crippen molar-refractivity contribution in [2.75, 3.05) is 0 Å². The first-order valence-electron chi connectivity index (χ1n) is 4.93. The van der Waals surface area contributed by atoms with Crippen LogP contribution in [0.5, 0.6) is 0 Å². The number of benzene rings is 1. The topological polar surface area (TPSA) is 86.5 Å². The second-order valence-electron chi connectivity index (χ2n) is 3.54. The van der Waals surface area contributed by atoms with Gasteiger partial charge >= 0.3 is 0 Å². The van der Waals surface area contributed by atoms with E-state index in [4.69, 9.17) is 14.9 Å². The fraction of sp³-hybridized carbons (Fsp3) is 0. The molecule has 0 unspecified atom stereocenters. The van der Waals surface area contributed by atoms with Crippen molar-refractivity contribution >= 4 is 38.0 Å². The maximum Gasteiger partial charge on any atom is 0.236 e. The number of fused-ring (bicyclic) bond motifs is 3. The highest BCUT2D eigenvalue weighted by Crippen LogP contribution is 2.31. The molecule has 3 rings (SSSR count). The molecule has 0 saturated carbocycles. The summed E-state index contributed by atoms with van der Waals surface area (Å²) in [5, 5.41) is 19.2. The number of rotatable bonds is 0. The van der Waals surface area contributed by atoms with E-state index in [0.717, 1.165) is 9.86 Å². The van der Waals surface area contributed by atoms with E-state index in [1.54, 1.807) is 12.1 Å². The van der Waals surface area contributed by atoms with Crippen molar-refractivity contribution in [1.82, 2.24) is 9.97 Å². The van der Waals surface area contributed by atoms with Gasteiger partial charge in [-0.15, -0.1) is 0 Å². The van der Waals surface area contributed by atoms with Crippen LogP contribution in [-0.2, 0) is 0 Å². The molecule has 0 aliphatic rings. The van der Waals surface area contributed by atoms with Crippen molar-refractivity contribution < 1.29 is 4.42 Å². The Bertz CT molecular complexity index is 870. The van der Waals surface area contributed by atoms with Gasteiger partial charge in [0.15, 0.2) is 5.69 Å². The first-order chi connectivity index (χ1) is 8.72. The summed E-state index contributed by atoms with van der Waals surface area (Å²) in [5.74, 6) is -0.0721. The van der Waals surface area contributed by atoms with Crippen molar-refractivity contribution in [2.45, 2.75) is 0 Å². The van der Waals surface area contributed by atoms with Crippen LogP contribution in [0, 0.1) is 22.7 Å². The number of nitrogens with zero attached hydrogens (tertiary/aromatic N) is 4. The second kappa shape index (κ2) is 3.80. The van der Waals surface area contributed by atoms with Gasteiger partial charge in [-0.2, -0.15) is 15.5 Å². The highest BCUT2D eigenvalue weighted by atomic mass is 79.9. The van der Waals surface area contributed by atoms with Gasteiger partial charge in [0, 0.05) is 9.86 Å². The van der Waals surface area contributed by atoms with E-state index in [-0.39, 0.29) is 17.2 Å². The van der Waals surface area contributed by atoms with Crippen LogP contribution in [0.3, 0.4) is 0 Å². The zero-order valence-corrected chi connectivity index (χ0v) is 10.4. The van der Waals surface area contributed by atoms with Crippen LogP contribution in [0.15, 0.2) is 27.1 Å². The molecule has 0 fully saturated rings. The lowest BCUT2D eigenvalue weighted by Gasteiger charge is -1.93. The summed E-state index contributed by atoms with van der Waals surface area (Å²) in [5.41, 5.74) is 1.01. The third kappa shape index (κ3) is 1.44. The molecule has 2 aromatic heterocycles. The van der Waals surface area contributed by atoms with Crippen LogP contribution in [0.4, 0.5) is 0 Å². The van der Waals surface area contributed by atoms with Crippen LogP contribution >= 0.6 is 15.9 Å². The largest absolute Gasteiger partial charge is 0.437 e.